The zero-order chi connectivity index (χ0) is 17.5. The smallest absolute Gasteiger partial charge is 0.273 e. The summed E-state index contributed by atoms with van der Waals surface area (Å²) >= 11 is 5.23. The molecule has 0 aliphatic carbocycles. The molecular weight excluding hydrogens is 330 g/mol. The summed E-state index contributed by atoms with van der Waals surface area (Å²) in [6.07, 6.45) is 2.64. The number of methoxy groups -OCH3 is 1. The van der Waals surface area contributed by atoms with Gasteiger partial charge in [-0.1, -0.05) is 0 Å². The second-order valence-electron chi connectivity index (χ2n) is 5.07. The molecule has 128 valence electrons. The van der Waals surface area contributed by atoms with E-state index in [1.165, 1.54) is 19.2 Å². The third-order valence-corrected chi connectivity index (χ3v) is 3.65. The number of benzene rings is 1. The summed E-state index contributed by atoms with van der Waals surface area (Å²) in [4.78, 5) is 10.3. The van der Waals surface area contributed by atoms with E-state index in [0.717, 1.165) is 18.7 Å². The first-order valence-corrected chi connectivity index (χ1v) is 7.78. The number of nitro groups is 1. The number of aromatic nitrogens is 2. The molecule has 8 nitrogen and oxygen atoms in total. The molecule has 9 heteroatoms. The van der Waals surface area contributed by atoms with E-state index in [1.807, 2.05) is 17.7 Å². The van der Waals surface area contributed by atoms with Crippen molar-refractivity contribution < 1.29 is 9.66 Å². The Labute approximate surface area is 145 Å². The van der Waals surface area contributed by atoms with Crippen molar-refractivity contribution >= 4 is 28.7 Å². The topological polar surface area (TPSA) is 94.3 Å². The number of anilines is 1. The van der Waals surface area contributed by atoms with E-state index in [2.05, 4.69) is 15.7 Å². The fourth-order valence-electron chi connectivity index (χ4n) is 2.13. The van der Waals surface area contributed by atoms with Crippen molar-refractivity contribution in [1.82, 2.24) is 15.1 Å². The minimum absolute atomic E-state index is 0.0362. The third kappa shape index (κ3) is 4.66. The molecule has 0 aliphatic rings. The number of nitro benzene ring substituents is 1. The summed E-state index contributed by atoms with van der Waals surface area (Å²) in [6, 6.07) is 6.28. The molecule has 0 spiro atoms. The van der Waals surface area contributed by atoms with E-state index in [0.29, 0.717) is 23.1 Å². The lowest BCUT2D eigenvalue weighted by Crippen LogP contribution is -2.30. The Morgan fingerprint density at radius 1 is 1.46 bits per heavy atom. The maximum Gasteiger partial charge on any atom is 0.273 e. The number of hydrogen-bond acceptors (Lipinski definition) is 5. The largest absolute Gasteiger partial charge is 0.494 e. The Hall–Kier alpha value is -2.68. The van der Waals surface area contributed by atoms with Crippen molar-refractivity contribution in [3.8, 4) is 5.75 Å². The Balaban J connectivity index is 1.83. The van der Waals surface area contributed by atoms with Crippen LogP contribution in [0.25, 0.3) is 0 Å². The lowest BCUT2D eigenvalue weighted by Gasteiger charge is -2.13. The summed E-state index contributed by atoms with van der Waals surface area (Å²) in [5.41, 5.74) is 1.65. The number of hydrogen-bond donors (Lipinski definition) is 2. The van der Waals surface area contributed by atoms with Gasteiger partial charge in [0.25, 0.3) is 5.69 Å². The van der Waals surface area contributed by atoms with E-state index < -0.39 is 4.92 Å². The van der Waals surface area contributed by atoms with Crippen LogP contribution in [-0.4, -0.2) is 33.5 Å². The van der Waals surface area contributed by atoms with Crippen molar-refractivity contribution in [3.63, 3.8) is 0 Å². The Morgan fingerprint density at radius 2 is 2.25 bits per heavy atom. The highest BCUT2D eigenvalue weighted by molar-refractivity contribution is 7.80. The summed E-state index contributed by atoms with van der Waals surface area (Å²) in [6.45, 7) is 3.49. The van der Waals surface area contributed by atoms with E-state index in [-0.39, 0.29) is 5.69 Å². The van der Waals surface area contributed by atoms with Crippen LogP contribution in [0.1, 0.15) is 12.1 Å². The molecule has 0 bridgehead atoms. The monoisotopic (exact) mass is 349 g/mol. The molecular formula is C15H19N5O3S. The molecule has 0 amide bonds. The molecule has 24 heavy (non-hydrogen) atoms. The highest BCUT2D eigenvalue weighted by atomic mass is 32.1. The molecule has 2 rings (SSSR count). The van der Waals surface area contributed by atoms with Gasteiger partial charge < -0.3 is 15.4 Å². The van der Waals surface area contributed by atoms with Crippen LogP contribution in [0.5, 0.6) is 5.75 Å². The van der Waals surface area contributed by atoms with Crippen LogP contribution in [0.2, 0.25) is 0 Å². The second kappa shape index (κ2) is 8.25. The first-order chi connectivity index (χ1) is 11.5. The van der Waals surface area contributed by atoms with E-state index in [9.17, 15) is 10.1 Å². The Bertz CT molecular complexity index is 732. The van der Waals surface area contributed by atoms with Crippen molar-refractivity contribution in [2.24, 2.45) is 0 Å². The zero-order valence-corrected chi connectivity index (χ0v) is 14.3. The van der Waals surface area contributed by atoms with Crippen molar-refractivity contribution in [3.05, 3.63) is 46.3 Å². The summed E-state index contributed by atoms with van der Waals surface area (Å²) in [7, 11) is 1.45. The molecule has 2 aromatic rings. The van der Waals surface area contributed by atoms with E-state index >= 15 is 0 Å². The lowest BCUT2D eigenvalue weighted by molar-refractivity contribution is -0.384. The zero-order valence-electron chi connectivity index (χ0n) is 13.5. The van der Waals surface area contributed by atoms with Gasteiger partial charge in [-0.05, 0) is 37.7 Å². The van der Waals surface area contributed by atoms with E-state index in [4.69, 9.17) is 17.0 Å². The van der Waals surface area contributed by atoms with Gasteiger partial charge >= 0.3 is 0 Å². The molecule has 0 saturated heterocycles. The number of ether oxygens (including phenoxy) is 1. The van der Waals surface area contributed by atoms with Crippen molar-refractivity contribution in [1.29, 1.82) is 0 Å². The average molecular weight is 349 g/mol. The normalized spacial score (nSPS) is 10.2. The molecule has 1 aromatic heterocycles. The van der Waals surface area contributed by atoms with Gasteiger partial charge in [-0.15, -0.1) is 0 Å². The van der Waals surface area contributed by atoms with Crippen LogP contribution in [-0.2, 0) is 6.54 Å². The molecule has 1 aromatic carbocycles. The van der Waals surface area contributed by atoms with Gasteiger partial charge in [0.1, 0.15) is 5.75 Å². The van der Waals surface area contributed by atoms with E-state index in [1.54, 1.807) is 12.3 Å². The van der Waals surface area contributed by atoms with Crippen LogP contribution in [0.4, 0.5) is 11.4 Å². The Morgan fingerprint density at radius 3 is 2.88 bits per heavy atom. The highest BCUT2D eigenvalue weighted by Gasteiger charge is 2.12. The van der Waals surface area contributed by atoms with Gasteiger partial charge in [0.2, 0.25) is 0 Å². The second-order valence-corrected chi connectivity index (χ2v) is 5.48. The fourth-order valence-corrected chi connectivity index (χ4v) is 2.34. The number of nitrogens with one attached hydrogen (secondary N) is 2. The standard InChI is InChI=1S/C15H19N5O3S/c1-11-6-8-17-19(11)9-3-7-16-15(24)18-13-5-4-12(20(21)22)10-14(13)23-2/h4-6,8,10H,3,7,9H2,1-2H3,(H2,16,18,24). The molecule has 0 atom stereocenters. The average Bonchev–Trinajstić information content (AvgIpc) is 2.97. The highest BCUT2D eigenvalue weighted by Crippen LogP contribution is 2.28. The van der Waals surface area contributed by atoms with Crippen LogP contribution < -0.4 is 15.4 Å². The lowest BCUT2D eigenvalue weighted by atomic mass is 10.2. The SMILES string of the molecule is COc1cc([N+](=O)[O-])ccc1NC(=S)NCCCn1nccc1C. The van der Waals surface area contributed by atoms with Crippen LogP contribution in [0.15, 0.2) is 30.5 Å². The van der Waals surface area contributed by atoms with Crippen LogP contribution in [0.3, 0.4) is 0 Å². The molecule has 0 aliphatic heterocycles. The predicted molar refractivity (Wildman–Crippen MR) is 95.5 cm³/mol. The third-order valence-electron chi connectivity index (χ3n) is 3.41. The van der Waals surface area contributed by atoms with Gasteiger partial charge in [0.05, 0.1) is 23.8 Å². The maximum absolute atomic E-state index is 10.8. The fraction of sp³-hybridized carbons (Fsp3) is 0.333. The minimum atomic E-state index is -0.472. The summed E-state index contributed by atoms with van der Waals surface area (Å²) in [5.74, 6) is 0.362. The summed E-state index contributed by atoms with van der Waals surface area (Å²) < 4.78 is 7.09. The number of aryl methyl sites for hydroxylation is 2. The number of rotatable bonds is 7. The minimum Gasteiger partial charge on any atom is -0.494 e. The van der Waals surface area contributed by atoms with Gasteiger partial charge in [0, 0.05) is 31.0 Å². The number of thiocarbonyl (C=S) groups is 1. The molecule has 0 unspecified atom stereocenters. The van der Waals surface area contributed by atoms with Gasteiger partial charge in [0.15, 0.2) is 5.11 Å². The number of non-ortho nitro benzene ring substituents is 1. The van der Waals surface area contributed by atoms with Crippen LogP contribution >= 0.6 is 12.2 Å². The molecule has 0 fully saturated rings. The maximum atomic E-state index is 10.8. The molecule has 1 heterocycles. The van der Waals surface area contributed by atoms with Crippen LogP contribution in [0, 0.1) is 17.0 Å². The molecule has 0 radical (unpaired) electrons. The first-order valence-electron chi connectivity index (χ1n) is 7.37. The predicted octanol–water partition coefficient (Wildman–Crippen LogP) is 2.49. The van der Waals surface area contributed by atoms with Gasteiger partial charge in [-0.2, -0.15) is 5.10 Å². The quantitative estimate of drug-likeness (QED) is 0.343. The first kappa shape index (κ1) is 17.7. The molecule has 0 saturated carbocycles. The Kier molecular flexibility index (Phi) is 6.07. The number of nitrogens with zero attached hydrogens (tertiary/aromatic N) is 3. The van der Waals surface area contributed by atoms with Gasteiger partial charge in [-0.25, -0.2) is 0 Å². The summed E-state index contributed by atoms with van der Waals surface area (Å²) in [5, 5.41) is 21.5. The van der Waals surface area contributed by atoms with Crippen molar-refractivity contribution in [2.45, 2.75) is 19.9 Å². The van der Waals surface area contributed by atoms with Crippen molar-refractivity contribution in [2.75, 3.05) is 19.0 Å². The van der Waals surface area contributed by atoms with Gasteiger partial charge in [-0.3, -0.25) is 14.8 Å². The molecule has 2 N–H and O–H groups in total.